The van der Waals surface area contributed by atoms with Crippen LogP contribution >= 0.6 is 18.6 Å². The third-order valence-corrected chi connectivity index (χ3v) is 5.51. The van der Waals surface area contributed by atoms with Crippen molar-refractivity contribution in [1.29, 1.82) is 0 Å². The molecule has 0 radical (unpaired) electrons. The van der Waals surface area contributed by atoms with Gasteiger partial charge in [0.25, 0.3) is 0 Å². The third-order valence-electron chi connectivity index (χ3n) is 5.51. The molecule has 2 saturated carbocycles. The number of hydrogen-bond donors (Lipinski definition) is 0. The normalized spacial score (nSPS) is 29.7. The van der Waals surface area contributed by atoms with Crippen molar-refractivity contribution >= 4 is 18.6 Å². The van der Waals surface area contributed by atoms with Crippen molar-refractivity contribution in [3.63, 3.8) is 0 Å². The first kappa shape index (κ1) is 24.5. The average Bonchev–Trinajstić information content (AvgIpc) is 2.99. The summed E-state index contributed by atoms with van der Waals surface area (Å²) in [5, 5.41) is 0. The van der Waals surface area contributed by atoms with Gasteiger partial charge in [-0.25, -0.2) is 0 Å². The summed E-state index contributed by atoms with van der Waals surface area (Å²) in [6.45, 7) is 7.42. The third kappa shape index (κ3) is 7.60. The van der Waals surface area contributed by atoms with Crippen LogP contribution in [0.1, 0.15) is 72.1 Å². The van der Waals surface area contributed by atoms with E-state index < -0.39 is 17.0 Å². The molecule has 0 aromatic carbocycles. The van der Waals surface area contributed by atoms with E-state index in [4.69, 9.17) is 18.6 Å². The van der Waals surface area contributed by atoms with Gasteiger partial charge in [0.05, 0.1) is 0 Å². The van der Waals surface area contributed by atoms with Crippen molar-refractivity contribution in [2.75, 3.05) is 0 Å². The molecule has 0 aromatic heterocycles. The van der Waals surface area contributed by atoms with Gasteiger partial charge < -0.3 is 14.9 Å². The molecule has 0 N–H and O–H groups in total. The number of halogens is 2. The van der Waals surface area contributed by atoms with Gasteiger partial charge in [-0.05, 0) is 29.6 Å². The van der Waals surface area contributed by atoms with Gasteiger partial charge in [-0.2, -0.15) is 0 Å². The topological polar surface area (TPSA) is 0 Å². The van der Waals surface area contributed by atoms with E-state index in [9.17, 15) is 0 Å². The molecule has 2 aliphatic rings. The molecule has 0 nitrogen and oxygen atoms in total. The predicted octanol–water partition coefficient (Wildman–Crippen LogP) is 7.55. The first-order valence-electron chi connectivity index (χ1n) is 8.11. The Hall–Kier alpha value is 1.29. The van der Waals surface area contributed by atoms with Crippen LogP contribution in [0.2, 0.25) is 0 Å². The summed E-state index contributed by atoms with van der Waals surface area (Å²) in [4.78, 5) is 0. The summed E-state index contributed by atoms with van der Waals surface area (Å²) in [6.07, 6.45) is 12.0. The molecule has 21 heavy (non-hydrogen) atoms. The molecular weight excluding hydrogens is 335 g/mol. The van der Waals surface area contributed by atoms with Gasteiger partial charge in [0.2, 0.25) is 0 Å². The van der Waals surface area contributed by atoms with Crippen LogP contribution in [0.5, 0.6) is 0 Å². The fourth-order valence-corrected chi connectivity index (χ4v) is 4.78. The van der Waals surface area contributed by atoms with E-state index in [2.05, 4.69) is 20.8 Å². The van der Waals surface area contributed by atoms with Crippen LogP contribution in [0.25, 0.3) is 0 Å². The Balaban J connectivity index is 0. The Morgan fingerprint density at radius 1 is 0.952 bits per heavy atom. The second-order valence-corrected chi connectivity index (χ2v) is 9.26. The van der Waals surface area contributed by atoms with Crippen molar-refractivity contribution in [3.8, 4) is 0 Å². The molecule has 2 rings (SSSR count). The van der Waals surface area contributed by atoms with Crippen LogP contribution in [0.15, 0.2) is 0 Å². The van der Waals surface area contributed by atoms with Gasteiger partial charge in [0.1, 0.15) is 0 Å². The van der Waals surface area contributed by atoms with Gasteiger partial charge in [-0.15, -0.1) is 0 Å². The average molecular weight is 371 g/mol. The van der Waals surface area contributed by atoms with Gasteiger partial charge in [-0.3, -0.25) is 0 Å². The zero-order valence-corrected chi connectivity index (χ0v) is 17.9. The van der Waals surface area contributed by atoms with E-state index in [1.54, 1.807) is 12.8 Å². The second-order valence-electron chi connectivity index (χ2n) is 6.68. The second kappa shape index (κ2) is 13.7. The fraction of sp³-hybridized carbons (Fsp3) is 0.889. The molecule has 0 aliphatic heterocycles. The summed E-state index contributed by atoms with van der Waals surface area (Å²) in [6, 6.07) is 0. The van der Waals surface area contributed by atoms with Crippen molar-refractivity contribution in [1.82, 2.24) is 0 Å². The van der Waals surface area contributed by atoms with Crippen molar-refractivity contribution in [2.45, 2.75) is 72.1 Å². The molecule has 2 aliphatic carbocycles. The minimum atomic E-state index is -0.556. The van der Waals surface area contributed by atoms with Crippen molar-refractivity contribution < 1.29 is 17.0 Å². The van der Waals surface area contributed by atoms with Crippen LogP contribution < -0.4 is 0 Å². The number of rotatable bonds is 4. The van der Waals surface area contributed by atoms with Crippen molar-refractivity contribution in [2.24, 2.45) is 29.6 Å². The summed E-state index contributed by atoms with van der Waals surface area (Å²) < 4.78 is 0. The molecule has 2 fully saturated rings. The van der Waals surface area contributed by atoms with Crippen LogP contribution in [0.4, 0.5) is 0 Å². The zero-order chi connectivity index (χ0) is 14.3. The van der Waals surface area contributed by atoms with E-state index in [-0.39, 0.29) is 14.9 Å². The predicted molar refractivity (Wildman–Crippen MR) is 95.9 cm³/mol. The van der Waals surface area contributed by atoms with Crippen molar-refractivity contribution in [3.05, 3.63) is 14.9 Å². The molecular formula is C18H36Cl2Ti-2. The molecule has 0 amide bonds. The Morgan fingerprint density at radius 3 is 1.76 bits per heavy atom. The minimum absolute atomic E-state index is 0. The number of hydrogen-bond acceptors (Lipinski definition) is 0. The van der Waals surface area contributed by atoms with Gasteiger partial charge in [0, 0.05) is 0 Å². The molecule has 3 atom stereocenters. The maximum atomic E-state index is 4.89. The Labute approximate surface area is 151 Å². The van der Waals surface area contributed by atoms with E-state index in [1.165, 1.54) is 38.5 Å². The first-order chi connectivity index (χ1) is 9.15. The van der Waals surface area contributed by atoms with Gasteiger partial charge in [-0.1, -0.05) is 72.1 Å². The molecule has 0 bridgehead atoms. The van der Waals surface area contributed by atoms with E-state index >= 15 is 0 Å². The summed E-state index contributed by atoms with van der Waals surface area (Å²) in [7, 11) is 9.78. The van der Waals surface area contributed by atoms with E-state index in [0.717, 1.165) is 29.6 Å². The maximum absolute atomic E-state index is 4.89. The fourth-order valence-electron chi connectivity index (χ4n) is 4.78. The van der Waals surface area contributed by atoms with Crippen LogP contribution in [0, 0.1) is 44.4 Å². The molecule has 0 saturated heterocycles. The molecule has 3 unspecified atom stereocenters. The molecule has 0 aromatic rings. The summed E-state index contributed by atoms with van der Waals surface area (Å²) in [5.74, 6) is 5.23. The van der Waals surface area contributed by atoms with Crippen LogP contribution in [-0.4, -0.2) is 0 Å². The van der Waals surface area contributed by atoms with Gasteiger partial charge in [0.15, 0.2) is 0 Å². The Morgan fingerprint density at radius 2 is 1.38 bits per heavy atom. The summed E-state index contributed by atoms with van der Waals surface area (Å²) in [5.41, 5.74) is 0. The van der Waals surface area contributed by atoms with E-state index in [0.29, 0.717) is 0 Å². The standard InChI is InChI=1S/C16H30.2CH3.2ClH.Ti/c1-4-7-15(14-8-5-6-9-14)16-12(2)10-11-13(16)3;;;;;/h12-16H,4-11H2,1-3H3;2*1H3;2*1H;/q;2*-1;;;+2/p-2. The zero-order valence-electron chi connectivity index (χ0n) is 14.8. The Kier molecular flexibility index (Phi) is 16.0. The quantitative estimate of drug-likeness (QED) is 0.353. The summed E-state index contributed by atoms with van der Waals surface area (Å²) >= 11 is -0.556. The molecule has 3 heteroatoms. The first-order valence-corrected chi connectivity index (χ1v) is 12.4. The SMILES string of the molecule is CCCC(C1CCCC1)C1C(C)CCC1C.[CH3-].[CH3-].[Cl][Ti][Cl]. The van der Waals surface area contributed by atoms with Crippen LogP contribution in [0.3, 0.4) is 0 Å². The molecule has 0 heterocycles. The van der Waals surface area contributed by atoms with E-state index in [1.807, 2.05) is 0 Å². The van der Waals surface area contributed by atoms with Gasteiger partial charge >= 0.3 is 35.6 Å². The molecule has 0 spiro atoms. The molecule has 128 valence electrons. The van der Waals surface area contributed by atoms with Crippen LogP contribution in [-0.2, 0) is 17.0 Å². The Bertz CT molecular complexity index is 219. The monoisotopic (exact) mass is 370 g/mol.